The molecule has 102 valence electrons. The second kappa shape index (κ2) is 6.83. The molecule has 0 bridgehead atoms. The van der Waals surface area contributed by atoms with Crippen LogP contribution in [0.15, 0.2) is 30.4 Å². The molecule has 1 aromatic rings. The Hall–Kier alpha value is -1.97. The van der Waals surface area contributed by atoms with Crippen LogP contribution in [0.25, 0.3) is 0 Å². The number of carbonyl (C=O) groups excluding carboxylic acids is 1. The van der Waals surface area contributed by atoms with E-state index in [1.165, 1.54) is 6.08 Å². The van der Waals surface area contributed by atoms with Gasteiger partial charge in [0.25, 0.3) is 0 Å². The minimum atomic E-state index is -0.294. The van der Waals surface area contributed by atoms with Gasteiger partial charge in [-0.05, 0) is 31.4 Å². The van der Waals surface area contributed by atoms with Crippen LogP contribution < -0.4 is 9.47 Å². The summed E-state index contributed by atoms with van der Waals surface area (Å²) in [4.78, 5) is 11.1. The van der Waals surface area contributed by atoms with Gasteiger partial charge < -0.3 is 14.2 Å². The van der Waals surface area contributed by atoms with Gasteiger partial charge in [0.15, 0.2) is 11.5 Å². The van der Waals surface area contributed by atoms with Gasteiger partial charge in [0.05, 0.1) is 6.61 Å². The average molecular weight is 262 g/mol. The van der Waals surface area contributed by atoms with Crippen molar-refractivity contribution in [1.29, 1.82) is 0 Å². The van der Waals surface area contributed by atoms with E-state index in [0.29, 0.717) is 19.8 Å². The van der Waals surface area contributed by atoms with E-state index in [9.17, 15) is 4.79 Å². The highest BCUT2D eigenvalue weighted by Crippen LogP contribution is 2.34. The van der Waals surface area contributed by atoms with Crippen LogP contribution in [0.5, 0.6) is 11.5 Å². The van der Waals surface area contributed by atoms with Crippen molar-refractivity contribution >= 4 is 5.97 Å². The van der Waals surface area contributed by atoms with Crippen LogP contribution in [0.2, 0.25) is 0 Å². The molecule has 1 aromatic carbocycles. The van der Waals surface area contributed by atoms with E-state index in [1.807, 2.05) is 24.3 Å². The molecule has 4 nitrogen and oxygen atoms in total. The third-order valence-electron chi connectivity index (χ3n) is 2.77. The second-order valence-electron chi connectivity index (χ2n) is 4.13. The van der Waals surface area contributed by atoms with Gasteiger partial charge >= 0.3 is 5.97 Å². The molecule has 1 aliphatic heterocycles. The monoisotopic (exact) mass is 262 g/mol. The van der Waals surface area contributed by atoms with E-state index < -0.39 is 0 Å². The number of aryl methyl sites for hydroxylation is 1. The molecule has 1 aliphatic rings. The zero-order valence-electron chi connectivity index (χ0n) is 11.1. The molecule has 0 aromatic heterocycles. The molecule has 4 heteroatoms. The Labute approximate surface area is 113 Å². The fraction of sp³-hybridized carbons (Fsp3) is 0.400. The third-order valence-corrected chi connectivity index (χ3v) is 2.77. The largest absolute Gasteiger partial charge is 0.486 e. The van der Waals surface area contributed by atoms with Crippen molar-refractivity contribution in [3.05, 3.63) is 35.9 Å². The topological polar surface area (TPSA) is 44.8 Å². The fourth-order valence-electron chi connectivity index (χ4n) is 1.94. The summed E-state index contributed by atoms with van der Waals surface area (Å²) in [7, 11) is 0. The molecule has 1 heterocycles. The Morgan fingerprint density at radius 2 is 2.21 bits per heavy atom. The molecular weight excluding hydrogens is 244 g/mol. The Morgan fingerprint density at radius 3 is 3.05 bits per heavy atom. The molecule has 0 fully saturated rings. The number of allylic oxidation sites excluding steroid dienone is 1. The predicted octanol–water partition coefficient (Wildman–Crippen LogP) is 2.51. The Bertz CT molecular complexity index is 465. The number of hydrogen-bond donors (Lipinski definition) is 0. The van der Waals surface area contributed by atoms with Gasteiger partial charge in [-0.2, -0.15) is 0 Å². The van der Waals surface area contributed by atoms with Crippen LogP contribution in [0.1, 0.15) is 18.9 Å². The van der Waals surface area contributed by atoms with Gasteiger partial charge in [0.2, 0.25) is 0 Å². The normalized spacial score (nSPS) is 13.5. The quantitative estimate of drug-likeness (QED) is 0.604. The van der Waals surface area contributed by atoms with Gasteiger partial charge in [-0.1, -0.05) is 18.2 Å². The maximum atomic E-state index is 11.1. The van der Waals surface area contributed by atoms with E-state index in [-0.39, 0.29) is 5.97 Å². The summed E-state index contributed by atoms with van der Waals surface area (Å²) in [6, 6.07) is 5.88. The highest BCUT2D eigenvalue weighted by atomic mass is 16.6. The number of ether oxygens (including phenoxy) is 3. The molecule has 0 atom stereocenters. The SMILES string of the molecule is CCOC(=O)C=CCCc1cccc2c1OCCO2. The number of fused-ring (bicyclic) bond motifs is 1. The molecule has 0 saturated carbocycles. The molecule has 0 radical (unpaired) electrons. The predicted molar refractivity (Wildman–Crippen MR) is 71.5 cm³/mol. The van der Waals surface area contributed by atoms with Crippen LogP contribution in [-0.4, -0.2) is 25.8 Å². The van der Waals surface area contributed by atoms with Gasteiger partial charge in [0.1, 0.15) is 13.2 Å². The van der Waals surface area contributed by atoms with Crippen molar-refractivity contribution in [2.45, 2.75) is 19.8 Å². The van der Waals surface area contributed by atoms with Crippen molar-refractivity contribution in [3.63, 3.8) is 0 Å². The first-order valence-corrected chi connectivity index (χ1v) is 6.52. The first-order chi connectivity index (χ1) is 9.31. The standard InChI is InChI=1S/C15H18O4/c1-2-17-14(16)9-4-3-6-12-7-5-8-13-15(12)19-11-10-18-13/h4-5,7-9H,2-3,6,10-11H2,1H3. The van der Waals surface area contributed by atoms with Gasteiger partial charge in [-0.15, -0.1) is 0 Å². The number of benzene rings is 1. The summed E-state index contributed by atoms with van der Waals surface area (Å²) in [5.74, 6) is 1.34. The summed E-state index contributed by atoms with van der Waals surface area (Å²) in [5.41, 5.74) is 1.10. The highest BCUT2D eigenvalue weighted by molar-refractivity contribution is 5.81. The molecule has 2 rings (SSSR count). The Morgan fingerprint density at radius 1 is 1.37 bits per heavy atom. The zero-order valence-corrected chi connectivity index (χ0v) is 11.1. The van der Waals surface area contributed by atoms with E-state index >= 15 is 0 Å². The molecule has 0 aliphatic carbocycles. The Balaban J connectivity index is 1.91. The lowest BCUT2D eigenvalue weighted by Gasteiger charge is -2.20. The first-order valence-electron chi connectivity index (χ1n) is 6.52. The molecule has 0 amide bonds. The van der Waals surface area contributed by atoms with Gasteiger partial charge in [-0.25, -0.2) is 4.79 Å². The lowest BCUT2D eigenvalue weighted by molar-refractivity contribution is -0.137. The van der Waals surface area contributed by atoms with E-state index in [0.717, 1.165) is 29.9 Å². The smallest absolute Gasteiger partial charge is 0.330 e. The van der Waals surface area contributed by atoms with Crippen LogP contribution in [0.3, 0.4) is 0 Å². The van der Waals surface area contributed by atoms with Crippen LogP contribution in [-0.2, 0) is 16.0 Å². The molecule has 0 spiro atoms. The third kappa shape index (κ3) is 3.74. The zero-order chi connectivity index (χ0) is 13.5. The second-order valence-corrected chi connectivity index (χ2v) is 4.13. The lowest BCUT2D eigenvalue weighted by Crippen LogP contribution is -2.16. The van der Waals surface area contributed by atoms with E-state index in [2.05, 4.69) is 0 Å². The van der Waals surface area contributed by atoms with Crippen LogP contribution in [0.4, 0.5) is 0 Å². The molecule has 0 N–H and O–H groups in total. The summed E-state index contributed by atoms with van der Waals surface area (Å²) in [6.07, 6.45) is 4.86. The molecular formula is C15H18O4. The number of esters is 1. The highest BCUT2D eigenvalue weighted by Gasteiger charge is 2.14. The van der Waals surface area contributed by atoms with Crippen molar-refractivity contribution in [2.75, 3.05) is 19.8 Å². The summed E-state index contributed by atoms with van der Waals surface area (Å²) >= 11 is 0. The maximum Gasteiger partial charge on any atom is 0.330 e. The minimum Gasteiger partial charge on any atom is -0.486 e. The van der Waals surface area contributed by atoms with Crippen LogP contribution in [0, 0.1) is 0 Å². The van der Waals surface area contributed by atoms with Crippen LogP contribution >= 0.6 is 0 Å². The van der Waals surface area contributed by atoms with Gasteiger partial charge in [-0.3, -0.25) is 0 Å². The van der Waals surface area contributed by atoms with Crippen molar-refractivity contribution in [3.8, 4) is 11.5 Å². The average Bonchev–Trinajstić information content (AvgIpc) is 2.44. The number of carbonyl (C=O) groups is 1. The van der Waals surface area contributed by atoms with Gasteiger partial charge in [0, 0.05) is 6.08 Å². The number of hydrogen-bond acceptors (Lipinski definition) is 4. The number of para-hydroxylation sites is 1. The van der Waals surface area contributed by atoms with E-state index in [4.69, 9.17) is 14.2 Å². The molecule has 0 unspecified atom stereocenters. The summed E-state index contributed by atoms with van der Waals surface area (Å²) in [5, 5.41) is 0. The van der Waals surface area contributed by atoms with Crippen molar-refractivity contribution in [2.24, 2.45) is 0 Å². The molecule has 0 saturated heterocycles. The number of rotatable bonds is 5. The van der Waals surface area contributed by atoms with Crippen molar-refractivity contribution < 1.29 is 19.0 Å². The summed E-state index contributed by atoms with van der Waals surface area (Å²) < 4.78 is 16.0. The fourth-order valence-corrected chi connectivity index (χ4v) is 1.94. The summed E-state index contributed by atoms with van der Waals surface area (Å²) in [6.45, 7) is 3.38. The maximum absolute atomic E-state index is 11.1. The first kappa shape index (κ1) is 13.5. The van der Waals surface area contributed by atoms with E-state index in [1.54, 1.807) is 6.92 Å². The Kier molecular flexibility index (Phi) is 4.84. The lowest BCUT2D eigenvalue weighted by atomic mass is 10.1. The molecule has 19 heavy (non-hydrogen) atoms. The van der Waals surface area contributed by atoms with Crippen molar-refractivity contribution in [1.82, 2.24) is 0 Å². The minimum absolute atomic E-state index is 0.294.